The lowest BCUT2D eigenvalue weighted by molar-refractivity contribution is -0.137. The Labute approximate surface area is 133 Å². The molecule has 22 heavy (non-hydrogen) atoms. The maximum absolute atomic E-state index is 12.6. The van der Waals surface area contributed by atoms with E-state index in [0.29, 0.717) is 6.07 Å². The summed E-state index contributed by atoms with van der Waals surface area (Å²) in [5, 5.41) is -0.173. The first-order chi connectivity index (χ1) is 10.1. The molecule has 0 unspecified atom stereocenters. The van der Waals surface area contributed by atoms with Gasteiger partial charge in [0.1, 0.15) is 10.0 Å². The molecule has 2 rings (SSSR count). The van der Waals surface area contributed by atoms with Crippen LogP contribution in [0.15, 0.2) is 41.4 Å². The zero-order valence-electron chi connectivity index (χ0n) is 10.5. The molecule has 1 aromatic heterocycles. The molecular weight excluding hydrogens is 364 g/mol. The Kier molecular flexibility index (Phi) is 4.55. The number of anilines is 1. The number of hydrogen-bond donors (Lipinski definition) is 1. The first-order valence-electron chi connectivity index (χ1n) is 5.61. The molecule has 118 valence electrons. The minimum Gasteiger partial charge on any atom is -0.280 e. The monoisotopic (exact) mass is 370 g/mol. The number of rotatable bonds is 3. The third-order valence-electron chi connectivity index (χ3n) is 2.52. The maximum Gasteiger partial charge on any atom is 0.416 e. The summed E-state index contributed by atoms with van der Waals surface area (Å²) in [4.78, 5) is 3.26. The molecule has 0 aliphatic heterocycles. The normalized spacial score (nSPS) is 12.2. The van der Waals surface area contributed by atoms with Crippen LogP contribution in [0, 0.1) is 0 Å². The van der Waals surface area contributed by atoms with Gasteiger partial charge < -0.3 is 0 Å². The smallest absolute Gasteiger partial charge is 0.280 e. The number of aromatic nitrogens is 1. The van der Waals surface area contributed by atoms with Crippen molar-refractivity contribution in [3.63, 3.8) is 0 Å². The highest BCUT2D eigenvalue weighted by Crippen LogP contribution is 2.31. The van der Waals surface area contributed by atoms with Crippen LogP contribution in [0.1, 0.15) is 5.56 Å². The first-order valence-corrected chi connectivity index (χ1v) is 7.84. The lowest BCUT2D eigenvalue weighted by Crippen LogP contribution is -2.14. The van der Waals surface area contributed by atoms with E-state index in [4.69, 9.17) is 23.2 Å². The van der Waals surface area contributed by atoms with E-state index in [1.807, 2.05) is 4.72 Å². The molecule has 0 aliphatic carbocycles. The fourth-order valence-corrected chi connectivity index (χ4v) is 2.88. The number of pyridine rings is 1. The third-order valence-corrected chi connectivity index (χ3v) is 4.56. The van der Waals surface area contributed by atoms with Crippen molar-refractivity contribution in [3.8, 4) is 0 Å². The largest absolute Gasteiger partial charge is 0.416 e. The van der Waals surface area contributed by atoms with E-state index < -0.39 is 21.8 Å². The molecule has 0 amide bonds. The maximum atomic E-state index is 12.6. The predicted octanol–water partition coefficient (Wildman–Crippen LogP) is 4.21. The molecule has 1 aromatic carbocycles. The van der Waals surface area contributed by atoms with Crippen molar-refractivity contribution < 1.29 is 21.6 Å². The minimum absolute atomic E-state index is 0.0836. The highest BCUT2D eigenvalue weighted by molar-refractivity contribution is 7.92. The first kappa shape index (κ1) is 16.9. The van der Waals surface area contributed by atoms with Crippen LogP contribution in [0.4, 0.5) is 18.9 Å². The van der Waals surface area contributed by atoms with Gasteiger partial charge in [-0.3, -0.25) is 4.72 Å². The number of benzene rings is 1. The predicted molar refractivity (Wildman–Crippen MR) is 76.5 cm³/mol. The molecule has 0 bridgehead atoms. The second kappa shape index (κ2) is 5.94. The minimum atomic E-state index is -4.58. The van der Waals surface area contributed by atoms with Crippen LogP contribution in [-0.4, -0.2) is 13.4 Å². The third kappa shape index (κ3) is 3.82. The van der Waals surface area contributed by atoms with Gasteiger partial charge in [-0.2, -0.15) is 13.2 Å². The molecule has 0 radical (unpaired) electrons. The zero-order valence-corrected chi connectivity index (χ0v) is 12.9. The van der Waals surface area contributed by atoms with Gasteiger partial charge in [-0.25, -0.2) is 13.4 Å². The average Bonchev–Trinajstić information content (AvgIpc) is 2.40. The fourth-order valence-electron chi connectivity index (χ4n) is 1.52. The molecule has 0 saturated heterocycles. The standard InChI is InChI=1S/C12H7Cl2F3N2O2S/c13-10-5-9(6-18-11(10)14)22(20,21)19-8-3-1-2-7(4-8)12(15,16)17/h1-6,19H. The van der Waals surface area contributed by atoms with Crippen LogP contribution in [0.5, 0.6) is 0 Å². The molecule has 1 heterocycles. The number of nitrogens with zero attached hydrogens (tertiary/aromatic N) is 1. The average molecular weight is 371 g/mol. The van der Waals surface area contributed by atoms with Crippen molar-refractivity contribution >= 4 is 38.9 Å². The van der Waals surface area contributed by atoms with E-state index in [-0.39, 0.29) is 20.8 Å². The Morgan fingerprint density at radius 3 is 2.41 bits per heavy atom. The highest BCUT2D eigenvalue weighted by atomic mass is 35.5. The van der Waals surface area contributed by atoms with Gasteiger partial charge in [-0.15, -0.1) is 0 Å². The van der Waals surface area contributed by atoms with Crippen molar-refractivity contribution in [2.75, 3.05) is 4.72 Å². The molecule has 0 aliphatic rings. The van der Waals surface area contributed by atoms with E-state index in [2.05, 4.69) is 4.98 Å². The fraction of sp³-hybridized carbons (Fsp3) is 0.0833. The van der Waals surface area contributed by atoms with Crippen LogP contribution in [0.3, 0.4) is 0 Å². The van der Waals surface area contributed by atoms with E-state index >= 15 is 0 Å². The van der Waals surface area contributed by atoms with Gasteiger partial charge in [0.25, 0.3) is 10.0 Å². The van der Waals surface area contributed by atoms with Crippen LogP contribution >= 0.6 is 23.2 Å². The molecule has 0 fully saturated rings. The number of hydrogen-bond acceptors (Lipinski definition) is 3. The van der Waals surface area contributed by atoms with Crippen molar-refractivity contribution in [1.29, 1.82) is 0 Å². The van der Waals surface area contributed by atoms with Crippen LogP contribution in [-0.2, 0) is 16.2 Å². The molecule has 0 atom stereocenters. The van der Waals surface area contributed by atoms with E-state index in [1.54, 1.807) is 0 Å². The Hall–Kier alpha value is -1.51. The number of sulfonamides is 1. The Morgan fingerprint density at radius 2 is 1.82 bits per heavy atom. The lowest BCUT2D eigenvalue weighted by Gasteiger charge is -2.11. The number of alkyl halides is 3. The SMILES string of the molecule is O=S(=O)(Nc1cccc(C(F)(F)F)c1)c1cnc(Cl)c(Cl)c1. The summed E-state index contributed by atoms with van der Waals surface area (Å²) in [6.45, 7) is 0. The summed E-state index contributed by atoms with van der Waals surface area (Å²) in [6.07, 6.45) is -3.63. The van der Waals surface area contributed by atoms with Gasteiger partial charge >= 0.3 is 6.18 Å². The van der Waals surface area contributed by atoms with Gasteiger partial charge in [0.15, 0.2) is 0 Å². The summed E-state index contributed by atoms with van der Waals surface area (Å²) in [5.41, 5.74) is -1.21. The van der Waals surface area contributed by atoms with Gasteiger partial charge in [0.2, 0.25) is 0 Å². The van der Waals surface area contributed by atoms with Crippen molar-refractivity contribution in [2.45, 2.75) is 11.1 Å². The lowest BCUT2D eigenvalue weighted by atomic mass is 10.2. The zero-order chi connectivity index (χ0) is 16.5. The topological polar surface area (TPSA) is 59.1 Å². The molecule has 10 heteroatoms. The Morgan fingerprint density at radius 1 is 1.14 bits per heavy atom. The molecule has 4 nitrogen and oxygen atoms in total. The van der Waals surface area contributed by atoms with Crippen molar-refractivity contribution in [2.24, 2.45) is 0 Å². The molecule has 2 aromatic rings. The van der Waals surface area contributed by atoms with Crippen LogP contribution in [0.25, 0.3) is 0 Å². The van der Waals surface area contributed by atoms with E-state index in [9.17, 15) is 21.6 Å². The quantitative estimate of drug-likeness (QED) is 0.823. The Bertz CT molecular complexity index is 810. The van der Waals surface area contributed by atoms with Crippen molar-refractivity contribution in [3.05, 3.63) is 52.3 Å². The summed E-state index contributed by atoms with van der Waals surface area (Å²) in [6, 6.07) is 4.85. The van der Waals surface area contributed by atoms with Gasteiger partial charge in [-0.1, -0.05) is 29.3 Å². The van der Waals surface area contributed by atoms with Crippen LogP contribution in [0.2, 0.25) is 10.2 Å². The molecule has 0 spiro atoms. The summed E-state index contributed by atoms with van der Waals surface area (Å²) >= 11 is 11.3. The number of halogens is 5. The molecule has 0 saturated carbocycles. The highest BCUT2D eigenvalue weighted by Gasteiger charge is 2.30. The summed E-state index contributed by atoms with van der Waals surface area (Å²) in [5.74, 6) is 0. The van der Waals surface area contributed by atoms with Crippen LogP contribution < -0.4 is 4.72 Å². The summed E-state index contributed by atoms with van der Waals surface area (Å²) < 4.78 is 64.0. The second-order valence-electron chi connectivity index (χ2n) is 4.13. The second-order valence-corrected chi connectivity index (χ2v) is 6.58. The van der Waals surface area contributed by atoms with Gasteiger partial charge in [0.05, 0.1) is 10.6 Å². The van der Waals surface area contributed by atoms with Gasteiger partial charge in [0, 0.05) is 11.9 Å². The van der Waals surface area contributed by atoms with E-state index in [1.165, 1.54) is 6.07 Å². The van der Waals surface area contributed by atoms with E-state index in [0.717, 1.165) is 24.4 Å². The number of nitrogens with one attached hydrogen (secondary N) is 1. The van der Waals surface area contributed by atoms with Crippen molar-refractivity contribution in [1.82, 2.24) is 4.98 Å². The summed E-state index contributed by atoms with van der Waals surface area (Å²) in [7, 11) is -4.14. The molecular formula is C12H7Cl2F3N2O2S. The van der Waals surface area contributed by atoms with Gasteiger partial charge in [-0.05, 0) is 24.3 Å². The Balaban J connectivity index is 2.35. The molecule has 1 N–H and O–H groups in total.